The second-order valence-corrected chi connectivity index (χ2v) is 5.51. The molecule has 3 heterocycles. The molecular formula is C13H18N4S. The van der Waals surface area contributed by atoms with Gasteiger partial charge in [0.1, 0.15) is 11.6 Å². The minimum Gasteiger partial charge on any atom is -0.312 e. The van der Waals surface area contributed by atoms with Crippen molar-refractivity contribution < 1.29 is 0 Å². The Morgan fingerprint density at radius 1 is 1.50 bits per heavy atom. The van der Waals surface area contributed by atoms with E-state index in [9.17, 15) is 0 Å². The lowest BCUT2D eigenvalue weighted by molar-refractivity contribution is 0.388. The molecule has 1 aliphatic heterocycles. The van der Waals surface area contributed by atoms with E-state index in [2.05, 4.69) is 43.8 Å². The van der Waals surface area contributed by atoms with E-state index in [0.717, 1.165) is 37.6 Å². The van der Waals surface area contributed by atoms with E-state index < -0.39 is 0 Å². The third-order valence-electron chi connectivity index (χ3n) is 3.41. The first-order valence-electron chi connectivity index (χ1n) is 6.55. The Bertz CT molecular complexity index is 503. The van der Waals surface area contributed by atoms with Crippen LogP contribution in [0.3, 0.4) is 0 Å². The predicted molar refractivity (Wildman–Crippen MR) is 72.8 cm³/mol. The molecular weight excluding hydrogens is 244 g/mol. The van der Waals surface area contributed by atoms with E-state index in [4.69, 9.17) is 0 Å². The minimum absolute atomic E-state index is 0.382. The molecule has 18 heavy (non-hydrogen) atoms. The fraction of sp³-hybridized carbons (Fsp3) is 0.538. The molecule has 0 bridgehead atoms. The highest BCUT2D eigenvalue weighted by Crippen LogP contribution is 2.22. The molecule has 3 rings (SSSR count). The first-order valence-corrected chi connectivity index (χ1v) is 7.49. The monoisotopic (exact) mass is 262 g/mol. The molecule has 2 aromatic heterocycles. The van der Waals surface area contributed by atoms with Crippen molar-refractivity contribution in [2.75, 3.05) is 6.54 Å². The molecule has 96 valence electrons. The van der Waals surface area contributed by atoms with Gasteiger partial charge in [0, 0.05) is 19.5 Å². The highest BCUT2D eigenvalue weighted by molar-refractivity contribution is 7.07. The SMILES string of the molecule is CCCC1NCCn2c(Cc3ccsc3)nnc21. The number of nitrogens with one attached hydrogen (secondary N) is 1. The van der Waals surface area contributed by atoms with Gasteiger partial charge in [0.2, 0.25) is 0 Å². The summed E-state index contributed by atoms with van der Waals surface area (Å²) in [5.74, 6) is 2.22. The summed E-state index contributed by atoms with van der Waals surface area (Å²) in [5, 5.41) is 16.6. The third-order valence-corrected chi connectivity index (χ3v) is 4.15. The molecule has 0 saturated carbocycles. The van der Waals surface area contributed by atoms with Gasteiger partial charge in [0.25, 0.3) is 0 Å². The highest BCUT2D eigenvalue weighted by atomic mass is 32.1. The van der Waals surface area contributed by atoms with Crippen LogP contribution in [-0.2, 0) is 13.0 Å². The van der Waals surface area contributed by atoms with Gasteiger partial charge in [-0.1, -0.05) is 13.3 Å². The lowest BCUT2D eigenvalue weighted by Crippen LogP contribution is -2.34. The van der Waals surface area contributed by atoms with Gasteiger partial charge < -0.3 is 9.88 Å². The van der Waals surface area contributed by atoms with Gasteiger partial charge in [-0.2, -0.15) is 11.3 Å². The third kappa shape index (κ3) is 2.20. The molecule has 4 nitrogen and oxygen atoms in total. The molecule has 0 radical (unpaired) electrons. The fourth-order valence-corrected chi connectivity index (χ4v) is 3.19. The summed E-state index contributed by atoms with van der Waals surface area (Å²) in [7, 11) is 0. The summed E-state index contributed by atoms with van der Waals surface area (Å²) in [4.78, 5) is 0. The smallest absolute Gasteiger partial charge is 0.150 e. The van der Waals surface area contributed by atoms with Crippen LogP contribution in [0.2, 0.25) is 0 Å². The normalized spacial score (nSPS) is 18.8. The van der Waals surface area contributed by atoms with E-state index in [-0.39, 0.29) is 0 Å². The van der Waals surface area contributed by atoms with Crippen molar-refractivity contribution in [3.63, 3.8) is 0 Å². The first kappa shape index (κ1) is 11.9. The Morgan fingerprint density at radius 2 is 2.44 bits per heavy atom. The van der Waals surface area contributed by atoms with E-state index >= 15 is 0 Å². The van der Waals surface area contributed by atoms with Crippen LogP contribution in [0.25, 0.3) is 0 Å². The van der Waals surface area contributed by atoms with E-state index in [0.29, 0.717) is 6.04 Å². The zero-order valence-electron chi connectivity index (χ0n) is 10.6. The molecule has 1 atom stereocenters. The van der Waals surface area contributed by atoms with Crippen molar-refractivity contribution in [1.29, 1.82) is 0 Å². The van der Waals surface area contributed by atoms with Crippen LogP contribution in [0.1, 0.15) is 43.0 Å². The van der Waals surface area contributed by atoms with Crippen molar-refractivity contribution in [3.8, 4) is 0 Å². The number of fused-ring (bicyclic) bond motifs is 1. The van der Waals surface area contributed by atoms with Gasteiger partial charge in [-0.25, -0.2) is 0 Å². The average molecular weight is 262 g/mol. The largest absolute Gasteiger partial charge is 0.312 e. The number of hydrogen-bond donors (Lipinski definition) is 1. The Kier molecular flexibility index (Phi) is 3.43. The van der Waals surface area contributed by atoms with Gasteiger partial charge >= 0.3 is 0 Å². The van der Waals surface area contributed by atoms with E-state index in [1.807, 2.05) is 0 Å². The molecule has 0 aliphatic carbocycles. The predicted octanol–water partition coefficient (Wildman–Crippen LogP) is 2.37. The Balaban J connectivity index is 1.85. The molecule has 5 heteroatoms. The van der Waals surface area contributed by atoms with Crippen LogP contribution in [0.5, 0.6) is 0 Å². The molecule has 0 amide bonds. The average Bonchev–Trinajstić information content (AvgIpc) is 3.01. The van der Waals surface area contributed by atoms with E-state index in [1.54, 1.807) is 11.3 Å². The summed E-state index contributed by atoms with van der Waals surface area (Å²) in [6.07, 6.45) is 3.20. The van der Waals surface area contributed by atoms with Gasteiger partial charge in [-0.05, 0) is 28.8 Å². The van der Waals surface area contributed by atoms with Crippen molar-refractivity contribution in [2.45, 2.75) is 38.8 Å². The van der Waals surface area contributed by atoms with Crippen LogP contribution in [-0.4, -0.2) is 21.3 Å². The number of thiophene rings is 1. The Hall–Kier alpha value is -1.20. The summed E-state index contributed by atoms with van der Waals surface area (Å²) in [6, 6.07) is 2.55. The zero-order valence-corrected chi connectivity index (χ0v) is 11.4. The van der Waals surface area contributed by atoms with Crippen molar-refractivity contribution in [3.05, 3.63) is 34.0 Å². The molecule has 1 unspecified atom stereocenters. The molecule has 1 aliphatic rings. The number of rotatable bonds is 4. The van der Waals surface area contributed by atoms with Crippen LogP contribution >= 0.6 is 11.3 Å². The van der Waals surface area contributed by atoms with Gasteiger partial charge in [-0.15, -0.1) is 10.2 Å². The number of aromatic nitrogens is 3. The topological polar surface area (TPSA) is 42.7 Å². The molecule has 0 fully saturated rings. The Labute approximate surface area is 111 Å². The quantitative estimate of drug-likeness (QED) is 0.920. The molecule has 0 aromatic carbocycles. The van der Waals surface area contributed by atoms with Gasteiger partial charge in [0.15, 0.2) is 0 Å². The molecule has 2 aromatic rings. The zero-order chi connectivity index (χ0) is 12.4. The first-order chi connectivity index (χ1) is 8.88. The highest BCUT2D eigenvalue weighted by Gasteiger charge is 2.23. The summed E-state index contributed by atoms with van der Waals surface area (Å²) >= 11 is 1.74. The van der Waals surface area contributed by atoms with Gasteiger partial charge in [-0.3, -0.25) is 0 Å². The molecule has 1 N–H and O–H groups in total. The second kappa shape index (κ2) is 5.20. The molecule has 0 saturated heterocycles. The maximum Gasteiger partial charge on any atom is 0.150 e. The number of hydrogen-bond acceptors (Lipinski definition) is 4. The van der Waals surface area contributed by atoms with Crippen molar-refractivity contribution >= 4 is 11.3 Å². The standard InChI is InChI=1S/C13H18N4S/c1-2-3-11-13-16-15-12(17(13)6-5-14-11)8-10-4-7-18-9-10/h4,7,9,11,14H,2-3,5-6,8H2,1H3. The maximum absolute atomic E-state index is 4.39. The summed E-state index contributed by atoms with van der Waals surface area (Å²) in [6.45, 7) is 4.22. The Morgan fingerprint density at radius 3 is 3.22 bits per heavy atom. The summed E-state index contributed by atoms with van der Waals surface area (Å²) < 4.78 is 2.30. The fourth-order valence-electron chi connectivity index (χ4n) is 2.52. The van der Waals surface area contributed by atoms with Crippen LogP contribution in [0.15, 0.2) is 16.8 Å². The minimum atomic E-state index is 0.382. The second-order valence-electron chi connectivity index (χ2n) is 4.73. The van der Waals surface area contributed by atoms with Crippen LogP contribution < -0.4 is 5.32 Å². The maximum atomic E-state index is 4.39. The van der Waals surface area contributed by atoms with Crippen LogP contribution in [0, 0.1) is 0 Å². The summed E-state index contributed by atoms with van der Waals surface area (Å²) in [5.41, 5.74) is 1.33. The number of nitrogens with zero attached hydrogens (tertiary/aromatic N) is 3. The molecule has 0 spiro atoms. The van der Waals surface area contributed by atoms with Crippen molar-refractivity contribution in [2.24, 2.45) is 0 Å². The van der Waals surface area contributed by atoms with E-state index in [1.165, 1.54) is 12.0 Å². The van der Waals surface area contributed by atoms with Gasteiger partial charge in [0.05, 0.1) is 6.04 Å². The lowest BCUT2D eigenvalue weighted by atomic mass is 10.1. The van der Waals surface area contributed by atoms with Crippen molar-refractivity contribution in [1.82, 2.24) is 20.1 Å². The lowest BCUT2D eigenvalue weighted by Gasteiger charge is -2.24. The van der Waals surface area contributed by atoms with Crippen LogP contribution in [0.4, 0.5) is 0 Å².